The zero-order chi connectivity index (χ0) is 13.8. The van der Waals surface area contributed by atoms with E-state index in [1.807, 2.05) is 29.1 Å². The smallest absolute Gasteiger partial charge is 0.0644 e. The summed E-state index contributed by atoms with van der Waals surface area (Å²) < 4.78 is 1.98. The number of hydrogen-bond donors (Lipinski definition) is 1. The first-order chi connectivity index (χ1) is 9.10. The van der Waals surface area contributed by atoms with E-state index in [1.54, 1.807) is 6.20 Å². The first-order valence-corrected chi connectivity index (χ1v) is 6.89. The highest BCUT2D eigenvalue weighted by Crippen LogP contribution is 2.16. The minimum Gasteiger partial charge on any atom is -0.322 e. The van der Waals surface area contributed by atoms with Crippen LogP contribution in [0.1, 0.15) is 43.7 Å². The van der Waals surface area contributed by atoms with Crippen molar-refractivity contribution in [2.75, 3.05) is 0 Å². The summed E-state index contributed by atoms with van der Waals surface area (Å²) in [5.74, 6) is 0. The van der Waals surface area contributed by atoms with Crippen LogP contribution in [0.5, 0.6) is 0 Å². The Kier molecular flexibility index (Phi) is 4.56. The fraction of sp³-hybridized carbons (Fsp3) is 0.429. The van der Waals surface area contributed by atoms with Crippen LogP contribution in [0.2, 0.25) is 5.02 Å². The zero-order valence-corrected chi connectivity index (χ0v) is 12.0. The lowest BCUT2D eigenvalue weighted by molar-refractivity contribution is 0.471. The molecule has 2 heterocycles. The highest BCUT2D eigenvalue weighted by Gasteiger charge is 2.11. The summed E-state index contributed by atoms with van der Waals surface area (Å²) in [6.07, 6.45) is 5.37. The first kappa shape index (κ1) is 14.0. The molecule has 102 valence electrons. The van der Waals surface area contributed by atoms with Crippen molar-refractivity contribution in [1.82, 2.24) is 14.8 Å². The summed E-state index contributed by atoms with van der Waals surface area (Å²) in [7, 11) is 0. The molecule has 0 aliphatic carbocycles. The molecule has 0 amide bonds. The molecule has 0 aromatic carbocycles. The van der Waals surface area contributed by atoms with Crippen molar-refractivity contribution in [2.24, 2.45) is 5.73 Å². The molecule has 0 saturated carbocycles. The van der Waals surface area contributed by atoms with Crippen LogP contribution in [0, 0.1) is 0 Å². The monoisotopic (exact) mass is 278 g/mol. The van der Waals surface area contributed by atoms with Gasteiger partial charge in [0.05, 0.1) is 22.5 Å². The van der Waals surface area contributed by atoms with Crippen LogP contribution in [0.25, 0.3) is 0 Å². The number of halogens is 1. The standard InChI is InChI=1S/C14H19ClN4/c1-3-10(2)19-7-6-12(18-19)8-13(16)14-5-4-11(15)9-17-14/h4-7,9-10,13H,3,8,16H2,1-2H3. The van der Waals surface area contributed by atoms with Gasteiger partial charge in [-0.2, -0.15) is 5.10 Å². The molecule has 19 heavy (non-hydrogen) atoms. The molecule has 2 atom stereocenters. The Labute approximate surface area is 118 Å². The van der Waals surface area contributed by atoms with Crippen molar-refractivity contribution in [3.05, 3.63) is 47.0 Å². The number of nitrogens with two attached hydrogens (primary N) is 1. The van der Waals surface area contributed by atoms with E-state index in [1.165, 1.54) is 0 Å². The molecule has 2 rings (SSSR count). The van der Waals surface area contributed by atoms with Gasteiger partial charge in [0.25, 0.3) is 0 Å². The topological polar surface area (TPSA) is 56.7 Å². The molecule has 5 heteroatoms. The van der Waals surface area contributed by atoms with E-state index in [-0.39, 0.29) is 6.04 Å². The molecule has 0 spiro atoms. The van der Waals surface area contributed by atoms with E-state index >= 15 is 0 Å². The average Bonchev–Trinajstić information content (AvgIpc) is 2.87. The number of rotatable bonds is 5. The van der Waals surface area contributed by atoms with E-state index in [4.69, 9.17) is 17.3 Å². The fourth-order valence-corrected chi connectivity index (χ4v) is 1.97. The minimum atomic E-state index is -0.155. The maximum absolute atomic E-state index is 6.14. The Morgan fingerprint density at radius 2 is 2.16 bits per heavy atom. The van der Waals surface area contributed by atoms with Crippen molar-refractivity contribution in [1.29, 1.82) is 0 Å². The van der Waals surface area contributed by atoms with Crippen LogP contribution in [-0.4, -0.2) is 14.8 Å². The SMILES string of the molecule is CCC(C)n1ccc(CC(N)c2ccc(Cl)cn2)n1. The van der Waals surface area contributed by atoms with Crippen molar-refractivity contribution >= 4 is 11.6 Å². The molecule has 0 bridgehead atoms. The van der Waals surface area contributed by atoms with Crippen molar-refractivity contribution in [3.63, 3.8) is 0 Å². The van der Waals surface area contributed by atoms with Crippen LogP contribution in [0.3, 0.4) is 0 Å². The Hall–Kier alpha value is -1.39. The van der Waals surface area contributed by atoms with Gasteiger partial charge in [-0.1, -0.05) is 18.5 Å². The number of nitrogens with zero attached hydrogens (tertiary/aromatic N) is 3. The van der Waals surface area contributed by atoms with Gasteiger partial charge in [0.2, 0.25) is 0 Å². The number of pyridine rings is 1. The van der Waals surface area contributed by atoms with Crippen LogP contribution in [-0.2, 0) is 6.42 Å². The summed E-state index contributed by atoms with van der Waals surface area (Å²) in [4.78, 5) is 4.24. The van der Waals surface area contributed by atoms with E-state index < -0.39 is 0 Å². The molecular formula is C14H19ClN4. The van der Waals surface area contributed by atoms with Gasteiger partial charge in [0.1, 0.15) is 0 Å². The van der Waals surface area contributed by atoms with E-state index in [9.17, 15) is 0 Å². The molecule has 2 aromatic heterocycles. The summed E-state index contributed by atoms with van der Waals surface area (Å²) in [6, 6.07) is 5.94. The molecule has 2 N–H and O–H groups in total. The molecule has 0 aliphatic rings. The van der Waals surface area contributed by atoms with Gasteiger partial charge >= 0.3 is 0 Å². The Balaban J connectivity index is 2.04. The second kappa shape index (κ2) is 6.17. The Morgan fingerprint density at radius 1 is 1.37 bits per heavy atom. The quantitative estimate of drug-likeness (QED) is 0.914. The minimum absolute atomic E-state index is 0.155. The predicted octanol–water partition coefficient (Wildman–Crippen LogP) is 3.15. The van der Waals surface area contributed by atoms with Crippen molar-refractivity contribution < 1.29 is 0 Å². The van der Waals surface area contributed by atoms with Gasteiger partial charge in [0, 0.05) is 24.9 Å². The molecular weight excluding hydrogens is 260 g/mol. The lowest BCUT2D eigenvalue weighted by Gasteiger charge is -2.10. The molecule has 0 saturated heterocycles. The highest BCUT2D eigenvalue weighted by molar-refractivity contribution is 6.30. The van der Waals surface area contributed by atoms with Gasteiger partial charge in [-0.3, -0.25) is 9.67 Å². The highest BCUT2D eigenvalue weighted by atomic mass is 35.5. The molecule has 0 fully saturated rings. The van der Waals surface area contributed by atoms with Gasteiger partial charge in [-0.25, -0.2) is 0 Å². The molecule has 0 radical (unpaired) electrons. The summed E-state index contributed by atoms with van der Waals surface area (Å²) in [5, 5.41) is 5.17. The van der Waals surface area contributed by atoms with E-state index in [0.29, 0.717) is 17.5 Å². The lowest BCUT2D eigenvalue weighted by atomic mass is 10.1. The second-order valence-corrected chi connectivity index (χ2v) is 5.19. The van der Waals surface area contributed by atoms with E-state index in [2.05, 4.69) is 23.9 Å². The van der Waals surface area contributed by atoms with Gasteiger partial charge in [0.15, 0.2) is 0 Å². The second-order valence-electron chi connectivity index (χ2n) is 4.76. The van der Waals surface area contributed by atoms with Crippen LogP contribution in [0.4, 0.5) is 0 Å². The van der Waals surface area contributed by atoms with Crippen LogP contribution >= 0.6 is 11.6 Å². The molecule has 0 aliphatic heterocycles. The van der Waals surface area contributed by atoms with Crippen LogP contribution in [0.15, 0.2) is 30.6 Å². The third-order valence-electron chi connectivity index (χ3n) is 3.27. The van der Waals surface area contributed by atoms with Crippen LogP contribution < -0.4 is 5.73 Å². The van der Waals surface area contributed by atoms with Crippen molar-refractivity contribution in [3.8, 4) is 0 Å². The maximum Gasteiger partial charge on any atom is 0.0644 e. The zero-order valence-electron chi connectivity index (χ0n) is 11.3. The third-order valence-corrected chi connectivity index (χ3v) is 3.49. The summed E-state index contributed by atoms with van der Waals surface area (Å²) >= 11 is 5.81. The molecule has 2 aromatic rings. The normalized spacial score (nSPS) is 14.3. The molecule has 2 unspecified atom stereocenters. The predicted molar refractivity (Wildman–Crippen MR) is 77.1 cm³/mol. The average molecular weight is 279 g/mol. The fourth-order valence-electron chi connectivity index (χ4n) is 1.86. The van der Waals surface area contributed by atoms with E-state index in [0.717, 1.165) is 17.8 Å². The number of hydrogen-bond acceptors (Lipinski definition) is 3. The van der Waals surface area contributed by atoms with Gasteiger partial charge in [-0.05, 0) is 31.5 Å². The first-order valence-electron chi connectivity index (χ1n) is 6.51. The van der Waals surface area contributed by atoms with Gasteiger partial charge in [-0.15, -0.1) is 0 Å². The third kappa shape index (κ3) is 3.55. The summed E-state index contributed by atoms with van der Waals surface area (Å²) in [5.41, 5.74) is 7.97. The lowest BCUT2D eigenvalue weighted by Crippen LogP contribution is -2.15. The molecule has 4 nitrogen and oxygen atoms in total. The maximum atomic E-state index is 6.14. The summed E-state index contributed by atoms with van der Waals surface area (Å²) in [6.45, 7) is 4.30. The van der Waals surface area contributed by atoms with Gasteiger partial charge < -0.3 is 5.73 Å². The Morgan fingerprint density at radius 3 is 2.79 bits per heavy atom. The largest absolute Gasteiger partial charge is 0.322 e. The van der Waals surface area contributed by atoms with Crippen molar-refractivity contribution in [2.45, 2.75) is 38.8 Å². The number of aromatic nitrogens is 3. The Bertz CT molecular complexity index is 520.